The lowest BCUT2D eigenvalue weighted by Crippen LogP contribution is -2.40. The van der Waals surface area contributed by atoms with Crippen molar-refractivity contribution < 1.29 is 19.1 Å². The Kier molecular flexibility index (Phi) is 6.45. The van der Waals surface area contributed by atoms with E-state index in [2.05, 4.69) is 21.8 Å². The molecule has 0 spiro atoms. The van der Waals surface area contributed by atoms with Crippen LogP contribution in [0.3, 0.4) is 0 Å². The van der Waals surface area contributed by atoms with Crippen molar-refractivity contribution in [3.63, 3.8) is 0 Å². The number of aromatic nitrogens is 2. The first-order valence-corrected chi connectivity index (χ1v) is 11.8. The molecule has 2 aliphatic heterocycles. The van der Waals surface area contributed by atoms with Gasteiger partial charge in [-0.15, -0.1) is 11.3 Å². The Morgan fingerprint density at radius 2 is 1.97 bits per heavy atom. The molecule has 32 heavy (non-hydrogen) atoms. The fourth-order valence-electron chi connectivity index (χ4n) is 3.70. The average molecular weight is 477 g/mol. The van der Waals surface area contributed by atoms with Crippen LogP contribution in [-0.4, -0.2) is 69.3 Å². The molecule has 2 saturated heterocycles. The number of thiophene rings is 1. The maximum Gasteiger partial charge on any atom is 0.411 e. The molecule has 170 valence electrons. The number of fused-ring (bicyclic) bond motifs is 1. The molecule has 2 atom stereocenters. The normalized spacial score (nSPS) is 20.9. The summed E-state index contributed by atoms with van der Waals surface area (Å²) in [5.41, 5.74) is -0.639. The Labute approximate surface area is 195 Å². The summed E-state index contributed by atoms with van der Waals surface area (Å²) in [6.07, 6.45) is 2.58. The van der Waals surface area contributed by atoms with Gasteiger partial charge in [0.15, 0.2) is 0 Å². The lowest BCUT2D eigenvalue weighted by molar-refractivity contribution is 0.0219. The monoisotopic (exact) mass is 476 g/mol. The molecule has 0 bridgehead atoms. The summed E-state index contributed by atoms with van der Waals surface area (Å²) in [4.78, 5) is 38.2. The zero-order valence-corrected chi connectivity index (χ0v) is 19.8. The van der Waals surface area contributed by atoms with Crippen molar-refractivity contribution in [3.05, 3.63) is 22.4 Å². The van der Waals surface area contributed by atoms with E-state index < -0.39 is 23.8 Å². The number of hydrogen-bond donors (Lipinski definition) is 0. The van der Waals surface area contributed by atoms with Crippen molar-refractivity contribution in [2.45, 2.75) is 57.8 Å². The Balaban J connectivity index is 1.52. The molecule has 2 amide bonds. The highest BCUT2D eigenvalue weighted by Crippen LogP contribution is 2.28. The number of halogens is 1. The van der Waals surface area contributed by atoms with Gasteiger partial charge in [-0.1, -0.05) is 23.4 Å². The number of rotatable bonds is 1. The van der Waals surface area contributed by atoms with Crippen molar-refractivity contribution >= 4 is 45.3 Å². The maximum absolute atomic E-state index is 12.8. The van der Waals surface area contributed by atoms with Crippen molar-refractivity contribution in [2.75, 3.05) is 19.6 Å². The predicted molar refractivity (Wildman–Crippen MR) is 122 cm³/mol. The molecule has 0 aliphatic carbocycles. The third kappa shape index (κ3) is 5.25. The van der Waals surface area contributed by atoms with Crippen LogP contribution < -0.4 is 0 Å². The van der Waals surface area contributed by atoms with E-state index in [1.54, 1.807) is 9.80 Å². The molecule has 0 saturated carbocycles. The minimum Gasteiger partial charge on any atom is -0.444 e. The molecule has 0 aromatic carbocycles. The van der Waals surface area contributed by atoms with Crippen LogP contribution in [0.5, 0.6) is 0 Å². The Bertz CT molecular complexity index is 1080. The zero-order chi connectivity index (χ0) is 22.9. The van der Waals surface area contributed by atoms with E-state index in [-0.39, 0.29) is 12.6 Å². The number of likely N-dealkylation sites (tertiary alicyclic amines) is 2. The molecule has 4 rings (SSSR count). The van der Waals surface area contributed by atoms with Crippen LogP contribution in [0.4, 0.5) is 9.59 Å². The molecule has 2 aromatic heterocycles. The third-order valence-electron chi connectivity index (χ3n) is 5.17. The number of amides is 2. The summed E-state index contributed by atoms with van der Waals surface area (Å²) in [6, 6.07) is 1.40. The molecule has 2 fully saturated rings. The lowest BCUT2D eigenvalue weighted by Gasteiger charge is -2.26. The zero-order valence-electron chi connectivity index (χ0n) is 18.3. The van der Waals surface area contributed by atoms with E-state index >= 15 is 0 Å². The molecule has 2 aromatic rings. The van der Waals surface area contributed by atoms with Gasteiger partial charge in [-0.2, -0.15) is 0 Å². The van der Waals surface area contributed by atoms with Gasteiger partial charge in [0, 0.05) is 19.5 Å². The molecular weight excluding hydrogens is 452 g/mol. The summed E-state index contributed by atoms with van der Waals surface area (Å²) in [6.45, 7) is 7.11. The standard InChI is InChI=1S/C22H25ClN4O4S/c1-22(2,3)31-21(29)27-12-15(30-20(28)26-8-4-5-9-26)10-14(27)6-7-16-11-17-18(23)24-13-25-19(17)32-16/h11,13-15H,4-5,8-10,12H2,1-3H3/t14-,15-/m0/s1. The smallest absolute Gasteiger partial charge is 0.411 e. The first-order chi connectivity index (χ1) is 15.2. The molecule has 0 unspecified atom stereocenters. The summed E-state index contributed by atoms with van der Waals surface area (Å²) < 4.78 is 11.2. The van der Waals surface area contributed by atoms with Crippen LogP contribution in [0.1, 0.15) is 44.9 Å². The van der Waals surface area contributed by atoms with Gasteiger partial charge >= 0.3 is 12.2 Å². The molecule has 8 nitrogen and oxygen atoms in total. The second-order valence-electron chi connectivity index (χ2n) is 8.85. The van der Waals surface area contributed by atoms with Crippen LogP contribution in [0.2, 0.25) is 5.15 Å². The van der Waals surface area contributed by atoms with E-state index in [1.165, 1.54) is 17.7 Å². The van der Waals surface area contributed by atoms with Gasteiger partial charge in [0.1, 0.15) is 34.1 Å². The molecule has 0 N–H and O–H groups in total. The second-order valence-corrected chi connectivity index (χ2v) is 10.2. The first kappa shape index (κ1) is 22.6. The van der Waals surface area contributed by atoms with Gasteiger partial charge in [0.25, 0.3) is 0 Å². The highest BCUT2D eigenvalue weighted by molar-refractivity contribution is 7.19. The van der Waals surface area contributed by atoms with Gasteiger partial charge in [-0.3, -0.25) is 4.90 Å². The highest BCUT2D eigenvalue weighted by Gasteiger charge is 2.39. The number of nitrogens with zero attached hydrogens (tertiary/aromatic N) is 4. The quantitative estimate of drug-likeness (QED) is 0.450. The Hall–Kier alpha value is -2.57. The Morgan fingerprint density at radius 1 is 1.22 bits per heavy atom. The van der Waals surface area contributed by atoms with Crippen LogP contribution in [-0.2, 0) is 9.47 Å². The number of carbonyl (C=O) groups excluding carboxylic acids is 2. The lowest BCUT2D eigenvalue weighted by atomic mass is 10.2. The van der Waals surface area contributed by atoms with Crippen molar-refractivity contribution in [2.24, 2.45) is 0 Å². The van der Waals surface area contributed by atoms with Crippen LogP contribution >= 0.6 is 22.9 Å². The fourth-order valence-corrected chi connectivity index (χ4v) is 4.81. The van der Waals surface area contributed by atoms with Crippen LogP contribution in [0.25, 0.3) is 10.2 Å². The maximum atomic E-state index is 12.8. The van der Waals surface area contributed by atoms with Gasteiger partial charge in [0.05, 0.1) is 16.8 Å². The van der Waals surface area contributed by atoms with E-state index in [0.29, 0.717) is 24.7 Å². The number of hydrogen-bond acceptors (Lipinski definition) is 7. The van der Waals surface area contributed by atoms with Gasteiger partial charge in [-0.05, 0) is 39.7 Å². The second kappa shape index (κ2) is 9.12. The van der Waals surface area contributed by atoms with E-state index in [9.17, 15) is 9.59 Å². The van der Waals surface area contributed by atoms with Gasteiger partial charge in [-0.25, -0.2) is 19.6 Å². The SMILES string of the molecule is CC(C)(C)OC(=O)N1C[C@@H](OC(=O)N2CCCC2)C[C@@H]1C#Cc1cc2c(Cl)ncnc2s1. The summed E-state index contributed by atoms with van der Waals surface area (Å²) in [7, 11) is 0. The van der Waals surface area contributed by atoms with E-state index in [1.807, 2.05) is 26.8 Å². The number of carbonyl (C=O) groups is 2. The van der Waals surface area contributed by atoms with Crippen molar-refractivity contribution in [1.29, 1.82) is 0 Å². The van der Waals surface area contributed by atoms with Crippen molar-refractivity contribution in [3.8, 4) is 11.8 Å². The summed E-state index contributed by atoms with van der Waals surface area (Å²) >= 11 is 7.54. The minimum atomic E-state index is -0.639. The van der Waals surface area contributed by atoms with Gasteiger partial charge in [0.2, 0.25) is 0 Å². The molecular formula is C22H25ClN4O4S. The summed E-state index contributed by atoms with van der Waals surface area (Å²) in [5, 5.41) is 1.13. The molecule has 2 aliphatic rings. The molecule has 0 radical (unpaired) electrons. The molecule has 10 heteroatoms. The summed E-state index contributed by atoms with van der Waals surface area (Å²) in [5.74, 6) is 6.28. The van der Waals surface area contributed by atoms with E-state index in [0.717, 1.165) is 27.9 Å². The molecule has 4 heterocycles. The topological polar surface area (TPSA) is 84.9 Å². The third-order valence-corrected chi connectivity index (χ3v) is 6.42. The van der Waals surface area contributed by atoms with E-state index in [4.69, 9.17) is 21.1 Å². The van der Waals surface area contributed by atoms with Gasteiger partial charge < -0.3 is 14.4 Å². The fraction of sp³-hybridized carbons (Fsp3) is 0.545. The highest BCUT2D eigenvalue weighted by atomic mass is 35.5. The number of ether oxygens (including phenoxy) is 2. The minimum absolute atomic E-state index is 0.248. The largest absolute Gasteiger partial charge is 0.444 e. The average Bonchev–Trinajstić information content (AvgIpc) is 3.45. The van der Waals surface area contributed by atoms with Crippen LogP contribution in [0.15, 0.2) is 12.4 Å². The predicted octanol–water partition coefficient (Wildman–Crippen LogP) is 4.31. The van der Waals surface area contributed by atoms with Crippen molar-refractivity contribution in [1.82, 2.24) is 19.8 Å². The Morgan fingerprint density at radius 3 is 2.66 bits per heavy atom. The van der Waals surface area contributed by atoms with Crippen LogP contribution in [0, 0.1) is 11.8 Å². The first-order valence-electron chi connectivity index (χ1n) is 10.6.